The maximum Gasteiger partial charge on any atom is 0.0465 e. The fourth-order valence-corrected chi connectivity index (χ4v) is 2.59. The molecule has 1 heterocycles. The molecule has 1 unspecified atom stereocenters. The van der Waals surface area contributed by atoms with Gasteiger partial charge in [-0.05, 0) is 37.1 Å². The highest BCUT2D eigenvalue weighted by Crippen LogP contribution is 2.23. The van der Waals surface area contributed by atoms with E-state index in [2.05, 4.69) is 4.90 Å². The molecule has 1 fully saturated rings. The molecule has 2 N–H and O–H groups in total. The van der Waals surface area contributed by atoms with Crippen LogP contribution in [0.25, 0.3) is 0 Å². The van der Waals surface area contributed by atoms with Crippen molar-refractivity contribution in [3.63, 3.8) is 0 Å². The number of hydrogen-bond donors (Lipinski definition) is 1. The van der Waals surface area contributed by atoms with E-state index in [1.54, 1.807) is 6.07 Å². The van der Waals surface area contributed by atoms with Gasteiger partial charge in [0.1, 0.15) is 0 Å². The van der Waals surface area contributed by atoms with Crippen LogP contribution in [0.5, 0.6) is 0 Å². The SMILES string of the molecule is Cl.NC1CCCN(Cc2ccc(Cl)cc2Cl)C1. The van der Waals surface area contributed by atoms with Gasteiger partial charge >= 0.3 is 0 Å². The minimum absolute atomic E-state index is 0. The minimum Gasteiger partial charge on any atom is -0.327 e. The Balaban J connectivity index is 0.00000144. The van der Waals surface area contributed by atoms with Crippen LogP contribution in [0.3, 0.4) is 0 Å². The second-order valence-electron chi connectivity index (χ2n) is 4.37. The second kappa shape index (κ2) is 6.81. The quantitative estimate of drug-likeness (QED) is 0.907. The highest BCUT2D eigenvalue weighted by molar-refractivity contribution is 6.35. The molecule has 0 bridgehead atoms. The molecule has 0 amide bonds. The Morgan fingerprint density at radius 2 is 2.12 bits per heavy atom. The molecule has 0 saturated carbocycles. The smallest absolute Gasteiger partial charge is 0.0465 e. The predicted octanol–water partition coefficient (Wildman–Crippen LogP) is 3.34. The third-order valence-corrected chi connectivity index (χ3v) is 3.54. The van der Waals surface area contributed by atoms with Crippen molar-refractivity contribution in [2.75, 3.05) is 13.1 Å². The Hall–Kier alpha value is 0.01000. The molecule has 0 spiro atoms. The van der Waals surface area contributed by atoms with Gasteiger partial charge in [-0.3, -0.25) is 4.90 Å². The first kappa shape index (κ1) is 15.1. The molecule has 1 aromatic rings. The standard InChI is InChI=1S/C12H16Cl2N2.ClH/c13-10-4-3-9(12(14)6-10)7-16-5-1-2-11(15)8-16;/h3-4,6,11H,1-2,5,7-8,15H2;1H. The largest absolute Gasteiger partial charge is 0.327 e. The molecule has 1 aliphatic heterocycles. The van der Waals surface area contributed by atoms with E-state index in [0.717, 1.165) is 36.6 Å². The summed E-state index contributed by atoms with van der Waals surface area (Å²) in [6.07, 6.45) is 2.30. The first-order valence-electron chi connectivity index (χ1n) is 5.57. The number of halogens is 3. The number of rotatable bonds is 2. The zero-order chi connectivity index (χ0) is 11.5. The van der Waals surface area contributed by atoms with Crippen molar-refractivity contribution in [1.82, 2.24) is 4.90 Å². The van der Waals surface area contributed by atoms with E-state index in [1.807, 2.05) is 12.1 Å². The normalized spacial score (nSPS) is 21.0. The van der Waals surface area contributed by atoms with Crippen LogP contribution in [0.15, 0.2) is 18.2 Å². The molecule has 0 aliphatic carbocycles. The van der Waals surface area contributed by atoms with Gasteiger partial charge in [0.2, 0.25) is 0 Å². The highest BCUT2D eigenvalue weighted by Gasteiger charge is 2.17. The van der Waals surface area contributed by atoms with Crippen LogP contribution < -0.4 is 5.73 Å². The number of likely N-dealkylation sites (tertiary alicyclic amines) is 1. The molecule has 1 atom stereocenters. The fourth-order valence-electron chi connectivity index (χ4n) is 2.13. The lowest BCUT2D eigenvalue weighted by atomic mass is 10.1. The maximum absolute atomic E-state index is 6.14. The molecule has 5 heteroatoms. The van der Waals surface area contributed by atoms with E-state index in [0.29, 0.717) is 11.1 Å². The summed E-state index contributed by atoms with van der Waals surface area (Å²) >= 11 is 12.0. The Morgan fingerprint density at radius 1 is 1.35 bits per heavy atom. The Kier molecular flexibility index (Phi) is 6.04. The third-order valence-electron chi connectivity index (χ3n) is 2.95. The monoisotopic (exact) mass is 294 g/mol. The molecule has 0 radical (unpaired) electrons. The van der Waals surface area contributed by atoms with Gasteiger partial charge in [-0.15, -0.1) is 12.4 Å². The van der Waals surface area contributed by atoms with Gasteiger partial charge in [0, 0.05) is 29.2 Å². The molecule has 2 nitrogen and oxygen atoms in total. The van der Waals surface area contributed by atoms with Crippen molar-refractivity contribution in [3.8, 4) is 0 Å². The maximum atomic E-state index is 6.14. The number of hydrogen-bond acceptors (Lipinski definition) is 2. The molecular weight excluding hydrogens is 279 g/mol. The number of benzene rings is 1. The van der Waals surface area contributed by atoms with Crippen LogP contribution in [0.4, 0.5) is 0 Å². The summed E-state index contributed by atoms with van der Waals surface area (Å²) < 4.78 is 0. The first-order valence-corrected chi connectivity index (χ1v) is 6.32. The van der Waals surface area contributed by atoms with E-state index in [4.69, 9.17) is 28.9 Å². The number of nitrogens with zero attached hydrogens (tertiary/aromatic N) is 1. The molecule has 2 rings (SSSR count). The molecule has 17 heavy (non-hydrogen) atoms. The number of piperidine rings is 1. The van der Waals surface area contributed by atoms with Crippen LogP contribution in [0, 0.1) is 0 Å². The summed E-state index contributed by atoms with van der Waals surface area (Å²) in [6, 6.07) is 5.97. The van der Waals surface area contributed by atoms with Gasteiger partial charge in [0.15, 0.2) is 0 Å². The average molecular weight is 296 g/mol. The summed E-state index contributed by atoms with van der Waals surface area (Å²) in [5.74, 6) is 0. The van der Waals surface area contributed by atoms with E-state index < -0.39 is 0 Å². The molecule has 1 saturated heterocycles. The van der Waals surface area contributed by atoms with E-state index in [1.165, 1.54) is 6.42 Å². The summed E-state index contributed by atoms with van der Waals surface area (Å²) in [5, 5.41) is 1.43. The summed E-state index contributed by atoms with van der Waals surface area (Å²) in [7, 11) is 0. The Morgan fingerprint density at radius 3 is 2.76 bits per heavy atom. The van der Waals surface area contributed by atoms with Crippen LogP contribution in [0.1, 0.15) is 18.4 Å². The van der Waals surface area contributed by atoms with Crippen molar-refractivity contribution in [2.24, 2.45) is 5.73 Å². The lowest BCUT2D eigenvalue weighted by Gasteiger charge is -2.30. The Labute approximate surface area is 118 Å². The molecular formula is C12H17Cl3N2. The van der Waals surface area contributed by atoms with Crippen molar-refractivity contribution in [3.05, 3.63) is 33.8 Å². The summed E-state index contributed by atoms with van der Waals surface area (Å²) in [4.78, 5) is 2.35. The second-order valence-corrected chi connectivity index (χ2v) is 5.22. The van der Waals surface area contributed by atoms with Crippen molar-refractivity contribution < 1.29 is 0 Å². The first-order chi connectivity index (χ1) is 7.65. The molecule has 96 valence electrons. The van der Waals surface area contributed by atoms with Crippen LogP contribution >= 0.6 is 35.6 Å². The third kappa shape index (κ3) is 4.31. The van der Waals surface area contributed by atoms with Gasteiger partial charge in [-0.25, -0.2) is 0 Å². The number of nitrogens with two attached hydrogens (primary N) is 1. The molecule has 1 aliphatic rings. The van der Waals surface area contributed by atoms with Gasteiger partial charge < -0.3 is 5.73 Å². The van der Waals surface area contributed by atoms with Crippen LogP contribution in [-0.2, 0) is 6.54 Å². The topological polar surface area (TPSA) is 29.3 Å². The van der Waals surface area contributed by atoms with Crippen molar-refractivity contribution >= 4 is 35.6 Å². The lowest BCUT2D eigenvalue weighted by Crippen LogP contribution is -2.42. The Bertz CT molecular complexity index is 371. The highest BCUT2D eigenvalue weighted by atomic mass is 35.5. The summed E-state index contributed by atoms with van der Waals surface area (Å²) in [5.41, 5.74) is 7.07. The van der Waals surface area contributed by atoms with E-state index in [9.17, 15) is 0 Å². The lowest BCUT2D eigenvalue weighted by molar-refractivity contribution is 0.201. The van der Waals surface area contributed by atoms with Crippen LogP contribution in [0.2, 0.25) is 10.0 Å². The summed E-state index contributed by atoms with van der Waals surface area (Å²) in [6.45, 7) is 2.93. The molecule has 0 aromatic heterocycles. The zero-order valence-electron chi connectivity index (χ0n) is 9.53. The average Bonchev–Trinajstić information content (AvgIpc) is 2.22. The van der Waals surface area contributed by atoms with E-state index in [-0.39, 0.29) is 12.4 Å². The predicted molar refractivity (Wildman–Crippen MR) is 76.2 cm³/mol. The van der Waals surface area contributed by atoms with Crippen molar-refractivity contribution in [2.45, 2.75) is 25.4 Å². The van der Waals surface area contributed by atoms with Gasteiger partial charge in [-0.1, -0.05) is 29.3 Å². The van der Waals surface area contributed by atoms with Gasteiger partial charge in [-0.2, -0.15) is 0 Å². The van der Waals surface area contributed by atoms with E-state index >= 15 is 0 Å². The van der Waals surface area contributed by atoms with Crippen LogP contribution in [-0.4, -0.2) is 24.0 Å². The molecule has 1 aromatic carbocycles. The minimum atomic E-state index is 0. The van der Waals surface area contributed by atoms with Gasteiger partial charge in [0.05, 0.1) is 0 Å². The van der Waals surface area contributed by atoms with Crippen molar-refractivity contribution in [1.29, 1.82) is 0 Å². The zero-order valence-corrected chi connectivity index (χ0v) is 11.9. The van der Waals surface area contributed by atoms with Gasteiger partial charge in [0.25, 0.3) is 0 Å². The fraction of sp³-hybridized carbons (Fsp3) is 0.500.